The van der Waals surface area contributed by atoms with Crippen LogP contribution in [0.15, 0.2) is 0 Å². The summed E-state index contributed by atoms with van der Waals surface area (Å²) in [6.07, 6.45) is 3.06. The van der Waals surface area contributed by atoms with E-state index < -0.39 is 0 Å². The number of nitrogens with one attached hydrogen (secondary N) is 1. The predicted molar refractivity (Wildman–Crippen MR) is 56.6 cm³/mol. The lowest BCUT2D eigenvalue weighted by atomic mass is 10.1. The quantitative estimate of drug-likeness (QED) is 0.480. The van der Waals surface area contributed by atoms with Crippen molar-refractivity contribution in [2.24, 2.45) is 0 Å². The number of hydrogen-bond acceptors (Lipinski definition) is 2. The van der Waals surface area contributed by atoms with Crippen molar-refractivity contribution in [3.63, 3.8) is 0 Å². The molecule has 13 heavy (non-hydrogen) atoms. The lowest BCUT2D eigenvalue weighted by Gasteiger charge is -2.12. The van der Waals surface area contributed by atoms with Gasteiger partial charge in [0.15, 0.2) is 0 Å². The van der Waals surface area contributed by atoms with Gasteiger partial charge in [-0.25, -0.2) is 0 Å². The zero-order valence-corrected chi connectivity index (χ0v) is 9.02. The van der Waals surface area contributed by atoms with Crippen LogP contribution in [-0.4, -0.2) is 26.3 Å². The highest BCUT2D eigenvalue weighted by Crippen LogP contribution is 1.97. The Morgan fingerprint density at radius 2 is 2.15 bits per heavy atom. The van der Waals surface area contributed by atoms with Crippen LogP contribution in [0.3, 0.4) is 0 Å². The topological polar surface area (TPSA) is 21.3 Å². The first kappa shape index (κ1) is 12.5. The molecule has 0 radical (unpaired) electrons. The predicted octanol–water partition coefficient (Wildman–Crippen LogP) is 1.80. The van der Waals surface area contributed by atoms with Gasteiger partial charge in [0, 0.05) is 25.7 Å². The average molecular weight is 183 g/mol. The molecule has 0 aliphatic rings. The molecule has 0 aliphatic carbocycles. The molecule has 0 saturated carbocycles. The summed E-state index contributed by atoms with van der Waals surface area (Å²) in [4.78, 5) is 0. The molecule has 2 heteroatoms. The smallest absolute Gasteiger partial charge is 0.0481 e. The molecule has 0 spiro atoms. The first-order valence-corrected chi connectivity index (χ1v) is 4.99. The Morgan fingerprint density at radius 1 is 1.38 bits per heavy atom. The molecule has 0 aliphatic heterocycles. The molecule has 2 nitrogen and oxygen atoms in total. The molecule has 0 heterocycles. The van der Waals surface area contributed by atoms with Gasteiger partial charge in [0.1, 0.15) is 0 Å². The summed E-state index contributed by atoms with van der Waals surface area (Å²) < 4.78 is 5.41. The summed E-state index contributed by atoms with van der Waals surface area (Å²) in [5, 5.41) is 3.23. The minimum atomic E-state index is 0.476. The zero-order chi connectivity index (χ0) is 9.94. The Morgan fingerprint density at radius 3 is 2.69 bits per heavy atom. The van der Waals surface area contributed by atoms with Crippen molar-refractivity contribution in [3.05, 3.63) is 0 Å². The normalized spacial score (nSPS) is 11.9. The highest BCUT2D eigenvalue weighted by molar-refractivity contribution is 4.97. The summed E-state index contributed by atoms with van der Waals surface area (Å²) in [7, 11) is 1.97. The van der Waals surface area contributed by atoms with E-state index in [9.17, 15) is 0 Å². The van der Waals surface area contributed by atoms with Crippen molar-refractivity contribution in [1.82, 2.24) is 5.32 Å². The molecule has 0 amide bonds. The first-order chi connectivity index (χ1) is 6.35. The van der Waals surface area contributed by atoms with Crippen molar-refractivity contribution < 1.29 is 4.74 Å². The molecule has 1 unspecified atom stereocenters. The fraction of sp³-hybridized carbons (Fsp3) is 0.818. The molecule has 0 aromatic heterocycles. The second kappa shape index (κ2) is 9.57. The number of rotatable bonds is 7. The Kier molecular flexibility index (Phi) is 9.18. The third-order valence-corrected chi connectivity index (χ3v) is 1.89. The van der Waals surface area contributed by atoms with E-state index in [1.54, 1.807) is 0 Å². The molecule has 0 fully saturated rings. The molecule has 0 aromatic carbocycles. The van der Waals surface area contributed by atoms with Gasteiger partial charge in [0.25, 0.3) is 0 Å². The van der Waals surface area contributed by atoms with Gasteiger partial charge in [-0.2, -0.15) is 0 Å². The molecular formula is C11H21NO. The molecule has 0 aromatic rings. The van der Waals surface area contributed by atoms with Gasteiger partial charge in [-0.3, -0.25) is 0 Å². The summed E-state index contributed by atoms with van der Waals surface area (Å²) >= 11 is 0. The van der Waals surface area contributed by atoms with Crippen molar-refractivity contribution in [2.45, 2.75) is 39.2 Å². The zero-order valence-electron chi connectivity index (χ0n) is 9.02. The van der Waals surface area contributed by atoms with E-state index in [4.69, 9.17) is 4.74 Å². The second-order valence-electron chi connectivity index (χ2n) is 3.02. The lowest BCUT2D eigenvalue weighted by Crippen LogP contribution is -2.26. The summed E-state index contributed by atoms with van der Waals surface area (Å²) in [6.45, 7) is 5.71. The molecular weight excluding hydrogens is 162 g/mol. The van der Waals surface area contributed by atoms with E-state index in [2.05, 4.69) is 24.1 Å². The van der Waals surface area contributed by atoms with Crippen LogP contribution in [0.1, 0.15) is 33.1 Å². The number of hydrogen-bond donors (Lipinski definition) is 1. The van der Waals surface area contributed by atoms with Gasteiger partial charge in [-0.15, -0.1) is 11.8 Å². The monoisotopic (exact) mass is 183 g/mol. The van der Waals surface area contributed by atoms with Crippen LogP contribution >= 0.6 is 0 Å². The van der Waals surface area contributed by atoms with Crippen molar-refractivity contribution in [1.29, 1.82) is 0 Å². The van der Waals surface area contributed by atoms with Gasteiger partial charge < -0.3 is 10.1 Å². The SMILES string of the molecule is CC#CCC(CCOCCC)NC. The molecule has 0 bridgehead atoms. The van der Waals surface area contributed by atoms with E-state index in [-0.39, 0.29) is 0 Å². The third kappa shape index (κ3) is 7.83. The van der Waals surface area contributed by atoms with Crippen LogP contribution in [-0.2, 0) is 4.74 Å². The van der Waals surface area contributed by atoms with Crippen molar-refractivity contribution in [3.8, 4) is 11.8 Å². The molecule has 0 rings (SSSR count). The van der Waals surface area contributed by atoms with Crippen LogP contribution in [0, 0.1) is 11.8 Å². The van der Waals surface area contributed by atoms with Gasteiger partial charge in [-0.1, -0.05) is 6.92 Å². The number of ether oxygens (including phenoxy) is 1. The highest BCUT2D eigenvalue weighted by atomic mass is 16.5. The van der Waals surface area contributed by atoms with E-state index in [1.165, 1.54) is 0 Å². The lowest BCUT2D eigenvalue weighted by molar-refractivity contribution is 0.125. The minimum Gasteiger partial charge on any atom is -0.381 e. The Balaban J connectivity index is 3.40. The van der Waals surface area contributed by atoms with Crippen LogP contribution in [0.2, 0.25) is 0 Å². The maximum Gasteiger partial charge on any atom is 0.0481 e. The second-order valence-corrected chi connectivity index (χ2v) is 3.02. The fourth-order valence-corrected chi connectivity index (χ4v) is 1.05. The Bertz CT molecular complexity index is 157. The Labute approximate surface area is 82.1 Å². The third-order valence-electron chi connectivity index (χ3n) is 1.89. The average Bonchev–Trinajstić information content (AvgIpc) is 2.17. The van der Waals surface area contributed by atoms with Crippen molar-refractivity contribution in [2.75, 3.05) is 20.3 Å². The van der Waals surface area contributed by atoms with Gasteiger partial charge >= 0.3 is 0 Å². The van der Waals surface area contributed by atoms with Crippen LogP contribution in [0.25, 0.3) is 0 Å². The van der Waals surface area contributed by atoms with Gasteiger partial charge in [0.2, 0.25) is 0 Å². The van der Waals surface area contributed by atoms with E-state index in [1.807, 2.05) is 14.0 Å². The first-order valence-electron chi connectivity index (χ1n) is 4.99. The van der Waals surface area contributed by atoms with Crippen LogP contribution < -0.4 is 5.32 Å². The summed E-state index contributed by atoms with van der Waals surface area (Å²) in [6, 6.07) is 0.476. The molecule has 0 saturated heterocycles. The van der Waals surface area contributed by atoms with Crippen molar-refractivity contribution >= 4 is 0 Å². The largest absolute Gasteiger partial charge is 0.381 e. The highest BCUT2D eigenvalue weighted by Gasteiger charge is 2.02. The fourth-order valence-electron chi connectivity index (χ4n) is 1.05. The molecule has 1 atom stereocenters. The van der Waals surface area contributed by atoms with Crippen LogP contribution in [0.5, 0.6) is 0 Å². The van der Waals surface area contributed by atoms with E-state index in [0.29, 0.717) is 6.04 Å². The maximum absolute atomic E-state index is 5.41. The summed E-state index contributed by atoms with van der Waals surface area (Å²) in [5.41, 5.74) is 0. The van der Waals surface area contributed by atoms with Gasteiger partial charge in [0.05, 0.1) is 0 Å². The van der Waals surface area contributed by atoms with E-state index >= 15 is 0 Å². The molecule has 1 N–H and O–H groups in total. The minimum absolute atomic E-state index is 0.476. The van der Waals surface area contributed by atoms with E-state index in [0.717, 1.165) is 32.5 Å². The van der Waals surface area contributed by atoms with Crippen LogP contribution in [0.4, 0.5) is 0 Å². The van der Waals surface area contributed by atoms with Gasteiger partial charge in [-0.05, 0) is 26.8 Å². The summed E-state index contributed by atoms with van der Waals surface area (Å²) in [5.74, 6) is 5.98. The maximum atomic E-state index is 5.41. The Hall–Kier alpha value is -0.520. The molecule has 76 valence electrons. The standard InChI is InChI=1S/C11H21NO/c1-4-6-7-11(12-3)8-10-13-9-5-2/h11-12H,5,7-10H2,1-3H3.